The summed E-state index contributed by atoms with van der Waals surface area (Å²) in [7, 11) is 0. The lowest BCUT2D eigenvalue weighted by atomic mass is 10.0. The molecule has 26 heavy (non-hydrogen) atoms. The van der Waals surface area contributed by atoms with E-state index in [1.165, 1.54) is 0 Å². The molecule has 1 aliphatic heterocycles. The Morgan fingerprint density at radius 2 is 1.88 bits per heavy atom. The Balaban J connectivity index is 1.81. The zero-order chi connectivity index (χ0) is 18.1. The van der Waals surface area contributed by atoms with Crippen LogP contribution in [0.3, 0.4) is 0 Å². The van der Waals surface area contributed by atoms with Crippen LogP contribution in [0.5, 0.6) is 5.75 Å². The van der Waals surface area contributed by atoms with Crippen LogP contribution in [0.4, 0.5) is 5.69 Å². The number of benzene rings is 3. The summed E-state index contributed by atoms with van der Waals surface area (Å²) in [5.74, 6) is 0.568. The summed E-state index contributed by atoms with van der Waals surface area (Å²) in [5.41, 5.74) is 2.24. The maximum absolute atomic E-state index is 13.0. The minimum absolute atomic E-state index is 0.0732. The summed E-state index contributed by atoms with van der Waals surface area (Å²) in [4.78, 5) is 25.9. The van der Waals surface area contributed by atoms with Crippen LogP contribution < -0.4 is 9.64 Å². The van der Waals surface area contributed by atoms with Gasteiger partial charge in [0.1, 0.15) is 12.0 Å². The Labute approximate surface area is 152 Å². The molecule has 130 valence electrons. The predicted molar refractivity (Wildman–Crippen MR) is 102 cm³/mol. The van der Waals surface area contributed by atoms with Gasteiger partial charge in [0.05, 0.1) is 12.2 Å². The van der Waals surface area contributed by atoms with Gasteiger partial charge in [0, 0.05) is 5.56 Å². The number of carbonyl (C=O) groups excluding carboxylic acids is 2. The number of hydrogen-bond acceptors (Lipinski definition) is 3. The summed E-state index contributed by atoms with van der Waals surface area (Å²) in [5, 5.41) is 2.26. The van der Waals surface area contributed by atoms with Crippen LogP contribution in [0.15, 0.2) is 60.7 Å². The molecular formula is C22H19NO3. The highest BCUT2D eigenvalue weighted by Crippen LogP contribution is 2.37. The van der Waals surface area contributed by atoms with Crippen LogP contribution in [-0.4, -0.2) is 18.3 Å². The second kappa shape index (κ2) is 6.64. The highest BCUT2D eigenvalue weighted by atomic mass is 16.5. The fourth-order valence-corrected chi connectivity index (χ4v) is 3.44. The van der Waals surface area contributed by atoms with Crippen molar-refractivity contribution in [3.05, 3.63) is 71.8 Å². The lowest BCUT2D eigenvalue weighted by molar-refractivity contribution is -0.126. The molecule has 4 heteroatoms. The molecule has 1 aliphatic rings. The summed E-state index contributed by atoms with van der Waals surface area (Å²) >= 11 is 0. The van der Waals surface area contributed by atoms with E-state index in [1.807, 2.05) is 31.2 Å². The Morgan fingerprint density at radius 3 is 2.69 bits per heavy atom. The minimum atomic E-state index is -0.500. The number of carbonyl (C=O) groups is 2. The first-order valence-electron chi connectivity index (χ1n) is 8.75. The summed E-state index contributed by atoms with van der Waals surface area (Å²) in [6.45, 7) is 2.37. The van der Waals surface area contributed by atoms with Crippen LogP contribution in [-0.2, 0) is 11.3 Å². The van der Waals surface area contributed by atoms with Crippen molar-refractivity contribution >= 4 is 28.7 Å². The van der Waals surface area contributed by atoms with Crippen LogP contribution in [0.1, 0.15) is 29.3 Å². The Bertz CT molecular complexity index is 990. The summed E-state index contributed by atoms with van der Waals surface area (Å²) in [6.07, 6.45) is 0.881. The van der Waals surface area contributed by atoms with Crippen LogP contribution >= 0.6 is 0 Å². The van der Waals surface area contributed by atoms with Crippen molar-refractivity contribution in [3.63, 3.8) is 0 Å². The fraction of sp³-hybridized carbons (Fsp3) is 0.182. The first-order valence-corrected chi connectivity index (χ1v) is 8.75. The molecule has 0 aliphatic carbocycles. The molecule has 0 fully saturated rings. The topological polar surface area (TPSA) is 46.6 Å². The van der Waals surface area contributed by atoms with Crippen LogP contribution in [0.25, 0.3) is 10.8 Å². The van der Waals surface area contributed by atoms with Gasteiger partial charge in [-0.3, -0.25) is 9.59 Å². The van der Waals surface area contributed by atoms with E-state index in [-0.39, 0.29) is 5.91 Å². The van der Waals surface area contributed by atoms with Gasteiger partial charge in [-0.1, -0.05) is 49.4 Å². The average Bonchev–Trinajstić information content (AvgIpc) is 2.69. The van der Waals surface area contributed by atoms with Gasteiger partial charge < -0.3 is 9.64 Å². The van der Waals surface area contributed by atoms with Crippen molar-refractivity contribution in [2.75, 3.05) is 4.90 Å². The largest absolute Gasteiger partial charge is 0.478 e. The number of rotatable bonds is 4. The number of anilines is 1. The maximum atomic E-state index is 13.0. The van der Waals surface area contributed by atoms with Crippen molar-refractivity contribution in [2.45, 2.75) is 26.0 Å². The van der Waals surface area contributed by atoms with Crippen LogP contribution in [0.2, 0.25) is 0 Å². The maximum Gasteiger partial charge on any atom is 0.268 e. The van der Waals surface area contributed by atoms with Crippen LogP contribution in [0, 0.1) is 0 Å². The van der Waals surface area contributed by atoms with E-state index in [0.717, 1.165) is 22.6 Å². The van der Waals surface area contributed by atoms with Crippen molar-refractivity contribution in [1.82, 2.24) is 0 Å². The monoisotopic (exact) mass is 345 g/mol. The number of nitrogens with zero attached hydrogens (tertiary/aromatic N) is 1. The molecule has 0 radical (unpaired) electrons. The molecule has 1 atom stereocenters. The number of hydrogen-bond donors (Lipinski definition) is 0. The zero-order valence-electron chi connectivity index (χ0n) is 14.5. The first kappa shape index (κ1) is 16.3. The molecule has 0 N–H and O–H groups in total. The van der Waals surface area contributed by atoms with Gasteiger partial charge >= 0.3 is 0 Å². The van der Waals surface area contributed by atoms with Gasteiger partial charge in [0.15, 0.2) is 6.10 Å². The normalized spacial score (nSPS) is 16.3. The van der Waals surface area contributed by atoms with Gasteiger partial charge in [-0.05, 0) is 41.0 Å². The molecule has 0 saturated carbocycles. The quantitative estimate of drug-likeness (QED) is 0.660. The molecule has 1 unspecified atom stereocenters. The Morgan fingerprint density at radius 1 is 1.08 bits per heavy atom. The van der Waals surface area contributed by atoms with Gasteiger partial charge in [-0.2, -0.15) is 0 Å². The number of fused-ring (bicyclic) bond motifs is 2. The SMILES string of the molecule is CCC1Oc2ccc(C=O)cc2N(Cc2cccc3ccccc23)C1=O. The molecule has 0 saturated heterocycles. The van der Waals surface area contributed by atoms with E-state index >= 15 is 0 Å². The molecule has 3 aromatic rings. The minimum Gasteiger partial charge on any atom is -0.478 e. The van der Waals surface area contributed by atoms with Gasteiger partial charge in [0.25, 0.3) is 5.91 Å². The molecule has 0 bridgehead atoms. The standard InChI is InChI=1S/C22H19NO3/c1-2-20-22(25)23(19-12-15(14-24)10-11-21(19)26-20)13-17-8-5-7-16-6-3-4-9-18(16)17/h3-12,14,20H,2,13H2,1H3. The lowest BCUT2D eigenvalue weighted by Gasteiger charge is -2.34. The smallest absolute Gasteiger partial charge is 0.268 e. The molecular weight excluding hydrogens is 326 g/mol. The number of ether oxygens (including phenoxy) is 1. The van der Waals surface area contributed by atoms with E-state index < -0.39 is 6.10 Å². The fourth-order valence-electron chi connectivity index (χ4n) is 3.44. The summed E-state index contributed by atoms with van der Waals surface area (Å²) in [6, 6.07) is 19.4. The van der Waals surface area contributed by atoms with E-state index in [4.69, 9.17) is 4.74 Å². The van der Waals surface area contributed by atoms with Crippen molar-refractivity contribution < 1.29 is 14.3 Å². The Hall–Kier alpha value is -3.14. The van der Waals surface area contributed by atoms with E-state index in [2.05, 4.69) is 18.2 Å². The van der Waals surface area contributed by atoms with E-state index in [9.17, 15) is 9.59 Å². The lowest BCUT2D eigenvalue weighted by Crippen LogP contribution is -2.45. The molecule has 0 aromatic heterocycles. The summed E-state index contributed by atoms with van der Waals surface area (Å²) < 4.78 is 5.84. The van der Waals surface area contributed by atoms with Gasteiger partial charge in [0.2, 0.25) is 0 Å². The highest BCUT2D eigenvalue weighted by Gasteiger charge is 2.33. The number of aldehydes is 1. The zero-order valence-corrected chi connectivity index (χ0v) is 14.5. The highest BCUT2D eigenvalue weighted by molar-refractivity contribution is 6.01. The van der Waals surface area contributed by atoms with Gasteiger partial charge in [-0.15, -0.1) is 0 Å². The second-order valence-corrected chi connectivity index (χ2v) is 6.42. The van der Waals surface area contributed by atoms with E-state index in [1.54, 1.807) is 23.1 Å². The molecule has 0 spiro atoms. The van der Waals surface area contributed by atoms with E-state index in [0.29, 0.717) is 30.0 Å². The average molecular weight is 345 g/mol. The predicted octanol–water partition coefficient (Wildman–Crippen LogP) is 4.36. The molecule has 4 nitrogen and oxygen atoms in total. The first-order chi connectivity index (χ1) is 12.7. The molecule has 1 heterocycles. The third-order valence-electron chi connectivity index (χ3n) is 4.80. The second-order valence-electron chi connectivity index (χ2n) is 6.42. The van der Waals surface area contributed by atoms with Crippen molar-refractivity contribution in [2.24, 2.45) is 0 Å². The third-order valence-corrected chi connectivity index (χ3v) is 4.80. The third kappa shape index (κ3) is 2.73. The van der Waals surface area contributed by atoms with Crippen molar-refractivity contribution in [1.29, 1.82) is 0 Å². The molecule has 1 amide bonds. The molecule has 4 rings (SSSR count). The van der Waals surface area contributed by atoms with Crippen molar-refractivity contribution in [3.8, 4) is 5.75 Å². The number of amides is 1. The van der Waals surface area contributed by atoms with Gasteiger partial charge in [-0.25, -0.2) is 0 Å². The molecule has 3 aromatic carbocycles. The Kier molecular flexibility index (Phi) is 4.17.